The lowest BCUT2D eigenvalue weighted by molar-refractivity contribution is 0.0651. The number of rotatable bonds is 1. The summed E-state index contributed by atoms with van der Waals surface area (Å²) in [5.74, 6) is -0.0919. The van der Waals surface area contributed by atoms with E-state index in [4.69, 9.17) is 5.73 Å². The van der Waals surface area contributed by atoms with Gasteiger partial charge in [-0.05, 0) is 18.2 Å². The van der Waals surface area contributed by atoms with Gasteiger partial charge in [0.2, 0.25) is 0 Å². The van der Waals surface area contributed by atoms with E-state index >= 15 is 0 Å². The number of nitrogens with zero attached hydrogens (tertiary/aromatic N) is 3. The highest BCUT2D eigenvalue weighted by atomic mass is 79.9. The zero-order chi connectivity index (χ0) is 15.6. The van der Waals surface area contributed by atoms with E-state index in [1.54, 1.807) is 47.0 Å². The fourth-order valence-electron chi connectivity index (χ4n) is 2.27. The van der Waals surface area contributed by atoms with E-state index in [9.17, 15) is 9.59 Å². The lowest BCUT2D eigenvalue weighted by atomic mass is 10.1. The molecular formula is C14H19BrN4O2. The monoisotopic (exact) mass is 354 g/mol. The number of carbonyl (C=O) groups excluding carboxylic acids is 2. The number of nitrogens with two attached hydrogens (primary N) is 1. The van der Waals surface area contributed by atoms with Crippen molar-refractivity contribution in [3.8, 4) is 0 Å². The predicted octanol–water partition coefficient (Wildman–Crippen LogP) is 1.47. The number of piperazine rings is 1. The van der Waals surface area contributed by atoms with Crippen LogP contribution < -0.4 is 5.73 Å². The Morgan fingerprint density at radius 2 is 1.71 bits per heavy atom. The van der Waals surface area contributed by atoms with Gasteiger partial charge in [0.05, 0.1) is 5.56 Å². The van der Waals surface area contributed by atoms with Gasteiger partial charge in [0.1, 0.15) is 0 Å². The number of hydrogen-bond acceptors (Lipinski definition) is 3. The number of carbonyl (C=O) groups is 2. The van der Waals surface area contributed by atoms with Gasteiger partial charge in [-0.3, -0.25) is 4.79 Å². The Hall–Kier alpha value is -1.76. The van der Waals surface area contributed by atoms with Crippen LogP contribution in [0.4, 0.5) is 10.5 Å². The molecule has 6 nitrogen and oxygen atoms in total. The lowest BCUT2D eigenvalue weighted by Crippen LogP contribution is -2.52. The first-order chi connectivity index (χ1) is 9.90. The standard InChI is InChI=1S/C14H19BrN4O2/c1-17(2)14(21)19-7-5-18(6-8-19)13(20)11-9-10(15)3-4-12(11)16/h3-4,9H,5-8,16H2,1-2H3. The summed E-state index contributed by atoms with van der Waals surface area (Å²) in [5.41, 5.74) is 6.84. The van der Waals surface area contributed by atoms with Crippen LogP contribution in [0.3, 0.4) is 0 Å². The Morgan fingerprint density at radius 1 is 1.14 bits per heavy atom. The third-order valence-electron chi connectivity index (χ3n) is 3.47. The maximum Gasteiger partial charge on any atom is 0.319 e. The van der Waals surface area contributed by atoms with Crippen LogP contribution in [0.15, 0.2) is 22.7 Å². The normalized spacial score (nSPS) is 15.0. The lowest BCUT2D eigenvalue weighted by Gasteiger charge is -2.36. The van der Waals surface area contributed by atoms with Crippen LogP contribution in [0, 0.1) is 0 Å². The molecule has 0 saturated carbocycles. The molecule has 0 spiro atoms. The SMILES string of the molecule is CN(C)C(=O)N1CCN(C(=O)c2cc(Br)ccc2N)CC1. The van der Waals surface area contributed by atoms with E-state index in [1.165, 1.54) is 0 Å². The van der Waals surface area contributed by atoms with E-state index in [1.807, 2.05) is 0 Å². The summed E-state index contributed by atoms with van der Waals surface area (Å²) >= 11 is 3.35. The van der Waals surface area contributed by atoms with Gasteiger partial charge in [-0.15, -0.1) is 0 Å². The molecule has 2 N–H and O–H groups in total. The quantitative estimate of drug-likeness (QED) is 0.776. The fourth-order valence-corrected chi connectivity index (χ4v) is 2.63. The summed E-state index contributed by atoms with van der Waals surface area (Å²) in [7, 11) is 3.45. The topological polar surface area (TPSA) is 69.9 Å². The van der Waals surface area contributed by atoms with Gasteiger partial charge < -0.3 is 20.4 Å². The molecule has 114 valence electrons. The molecule has 1 heterocycles. The molecule has 1 saturated heterocycles. The predicted molar refractivity (Wildman–Crippen MR) is 85.1 cm³/mol. The third-order valence-corrected chi connectivity index (χ3v) is 3.96. The van der Waals surface area contributed by atoms with Crippen molar-refractivity contribution < 1.29 is 9.59 Å². The van der Waals surface area contributed by atoms with Crippen LogP contribution in [-0.2, 0) is 0 Å². The number of nitrogen functional groups attached to an aromatic ring is 1. The van der Waals surface area contributed by atoms with Crippen molar-refractivity contribution in [2.45, 2.75) is 0 Å². The molecule has 0 unspecified atom stereocenters. The first-order valence-corrected chi connectivity index (χ1v) is 7.50. The molecule has 1 fully saturated rings. The Kier molecular flexibility index (Phi) is 4.72. The van der Waals surface area contributed by atoms with E-state index in [0.717, 1.165) is 4.47 Å². The van der Waals surface area contributed by atoms with Gasteiger partial charge in [0.25, 0.3) is 5.91 Å². The third kappa shape index (κ3) is 3.47. The second-order valence-electron chi connectivity index (χ2n) is 5.19. The highest BCUT2D eigenvalue weighted by Gasteiger charge is 2.26. The summed E-state index contributed by atoms with van der Waals surface area (Å²) in [6.07, 6.45) is 0. The number of urea groups is 1. The molecule has 1 aliphatic heterocycles. The Morgan fingerprint density at radius 3 is 2.29 bits per heavy atom. The summed E-state index contributed by atoms with van der Waals surface area (Å²) < 4.78 is 0.821. The Bertz CT molecular complexity index is 554. The van der Waals surface area contributed by atoms with Crippen molar-refractivity contribution >= 4 is 33.6 Å². The van der Waals surface area contributed by atoms with Crippen molar-refractivity contribution in [2.24, 2.45) is 0 Å². The number of halogens is 1. The van der Waals surface area contributed by atoms with Gasteiger partial charge in [-0.1, -0.05) is 15.9 Å². The smallest absolute Gasteiger partial charge is 0.319 e. The molecule has 0 radical (unpaired) electrons. The van der Waals surface area contributed by atoms with Crippen LogP contribution >= 0.6 is 15.9 Å². The number of anilines is 1. The summed E-state index contributed by atoms with van der Waals surface area (Å²) in [6, 6.07) is 5.22. The fraction of sp³-hybridized carbons (Fsp3) is 0.429. The molecule has 0 bridgehead atoms. The molecule has 3 amide bonds. The van der Waals surface area contributed by atoms with Gasteiger partial charge >= 0.3 is 6.03 Å². The van der Waals surface area contributed by atoms with Crippen LogP contribution in [0.25, 0.3) is 0 Å². The number of benzene rings is 1. The second-order valence-corrected chi connectivity index (χ2v) is 6.10. The van der Waals surface area contributed by atoms with E-state index in [-0.39, 0.29) is 11.9 Å². The van der Waals surface area contributed by atoms with Gasteiger partial charge in [-0.2, -0.15) is 0 Å². The van der Waals surface area contributed by atoms with Crippen molar-refractivity contribution in [3.05, 3.63) is 28.2 Å². The molecule has 1 aromatic rings. The molecular weight excluding hydrogens is 336 g/mol. The number of amides is 3. The van der Waals surface area contributed by atoms with Crippen LogP contribution in [0.2, 0.25) is 0 Å². The first kappa shape index (κ1) is 15.6. The molecule has 1 aromatic carbocycles. The molecule has 0 aromatic heterocycles. The minimum atomic E-state index is -0.0919. The van der Waals surface area contributed by atoms with Crippen LogP contribution in [-0.4, -0.2) is 66.9 Å². The van der Waals surface area contributed by atoms with Gasteiger partial charge in [0, 0.05) is 50.4 Å². The Balaban J connectivity index is 2.03. The van der Waals surface area contributed by atoms with Gasteiger partial charge in [0.15, 0.2) is 0 Å². The summed E-state index contributed by atoms with van der Waals surface area (Å²) in [6.45, 7) is 2.11. The average molecular weight is 355 g/mol. The van der Waals surface area contributed by atoms with Crippen molar-refractivity contribution in [2.75, 3.05) is 46.0 Å². The zero-order valence-corrected chi connectivity index (χ0v) is 13.8. The first-order valence-electron chi connectivity index (χ1n) is 6.70. The molecule has 0 aliphatic carbocycles. The number of hydrogen-bond donors (Lipinski definition) is 1. The minimum absolute atomic E-state index is 0.0240. The molecule has 7 heteroatoms. The second kappa shape index (κ2) is 6.34. The van der Waals surface area contributed by atoms with E-state index in [0.29, 0.717) is 37.4 Å². The summed E-state index contributed by atoms with van der Waals surface area (Å²) in [4.78, 5) is 29.4. The van der Waals surface area contributed by atoms with Crippen LogP contribution in [0.5, 0.6) is 0 Å². The highest BCUT2D eigenvalue weighted by molar-refractivity contribution is 9.10. The molecule has 2 rings (SSSR count). The molecule has 0 atom stereocenters. The van der Waals surface area contributed by atoms with E-state index < -0.39 is 0 Å². The maximum absolute atomic E-state index is 12.5. The van der Waals surface area contributed by atoms with Crippen molar-refractivity contribution in [1.29, 1.82) is 0 Å². The molecule has 1 aliphatic rings. The Labute approximate surface area is 132 Å². The highest BCUT2D eigenvalue weighted by Crippen LogP contribution is 2.20. The van der Waals surface area contributed by atoms with Crippen LogP contribution in [0.1, 0.15) is 10.4 Å². The van der Waals surface area contributed by atoms with Crippen molar-refractivity contribution in [3.63, 3.8) is 0 Å². The minimum Gasteiger partial charge on any atom is -0.398 e. The van der Waals surface area contributed by atoms with E-state index in [2.05, 4.69) is 15.9 Å². The van der Waals surface area contributed by atoms with Crippen molar-refractivity contribution in [1.82, 2.24) is 14.7 Å². The zero-order valence-electron chi connectivity index (χ0n) is 12.2. The summed E-state index contributed by atoms with van der Waals surface area (Å²) in [5, 5.41) is 0. The maximum atomic E-state index is 12.5. The van der Waals surface area contributed by atoms with Gasteiger partial charge in [-0.25, -0.2) is 4.79 Å². The largest absolute Gasteiger partial charge is 0.398 e. The molecule has 21 heavy (non-hydrogen) atoms. The average Bonchev–Trinajstić information content (AvgIpc) is 2.48.